The summed E-state index contributed by atoms with van der Waals surface area (Å²) >= 11 is 0. The van der Waals surface area contributed by atoms with E-state index in [-0.39, 0.29) is 12.3 Å². The smallest absolute Gasteiger partial charge is 0.224 e. The molecule has 0 aliphatic carbocycles. The van der Waals surface area contributed by atoms with Gasteiger partial charge in [-0.2, -0.15) is 4.98 Å². The molecule has 1 amide bonds. The van der Waals surface area contributed by atoms with E-state index < -0.39 is 0 Å². The Morgan fingerprint density at radius 1 is 1.28 bits per heavy atom. The third kappa shape index (κ3) is 4.00. The van der Waals surface area contributed by atoms with Gasteiger partial charge in [0.05, 0.1) is 18.0 Å². The average Bonchev–Trinajstić information content (AvgIpc) is 2.98. The lowest BCUT2D eigenvalue weighted by molar-refractivity contribution is -0.117. The number of anilines is 3. The first-order valence-corrected chi connectivity index (χ1v) is 7.98. The fraction of sp³-hybridized carbons (Fsp3) is 0.312. The van der Waals surface area contributed by atoms with E-state index in [4.69, 9.17) is 5.73 Å². The van der Waals surface area contributed by atoms with E-state index in [0.717, 1.165) is 11.0 Å². The van der Waals surface area contributed by atoms with E-state index in [0.29, 0.717) is 30.2 Å². The molecule has 0 unspecified atom stereocenters. The first kappa shape index (κ1) is 16.6. The monoisotopic (exact) mass is 340 g/mol. The Morgan fingerprint density at radius 3 is 2.88 bits per heavy atom. The van der Waals surface area contributed by atoms with Crippen LogP contribution >= 0.6 is 0 Å². The molecule has 0 fully saturated rings. The van der Waals surface area contributed by atoms with Gasteiger partial charge in [0, 0.05) is 31.3 Å². The van der Waals surface area contributed by atoms with Crippen LogP contribution in [0, 0.1) is 0 Å². The van der Waals surface area contributed by atoms with Gasteiger partial charge in [-0.05, 0) is 19.9 Å². The highest BCUT2D eigenvalue weighted by Crippen LogP contribution is 2.21. The molecule has 3 heterocycles. The van der Waals surface area contributed by atoms with E-state index in [1.165, 1.54) is 0 Å². The average molecular weight is 340 g/mol. The van der Waals surface area contributed by atoms with Crippen molar-refractivity contribution in [3.8, 4) is 0 Å². The molecule has 0 atom stereocenters. The van der Waals surface area contributed by atoms with Gasteiger partial charge in [0.1, 0.15) is 17.2 Å². The number of rotatable bonds is 7. The second-order valence-corrected chi connectivity index (χ2v) is 5.84. The third-order valence-corrected chi connectivity index (χ3v) is 3.58. The Labute approximate surface area is 144 Å². The van der Waals surface area contributed by atoms with Crippen molar-refractivity contribution >= 4 is 34.5 Å². The summed E-state index contributed by atoms with van der Waals surface area (Å²) in [5.74, 6) is 1.30. The lowest BCUT2D eigenvalue weighted by atomic mass is 10.3. The minimum Gasteiger partial charge on any atom is -0.370 e. The summed E-state index contributed by atoms with van der Waals surface area (Å²) in [7, 11) is 0. The second-order valence-electron chi connectivity index (χ2n) is 5.84. The van der Waals surface area contributed by atoms with Crippen LogP contribution in [-0.2, 0) is 4.79 Å². The van der Waals surface area contributed by atoms with E-state index in [2.05, 4.69) is 49.0 Å². The summed E-state index contributed by atoms with van der Waals surface area (Å²) in [5.41, 5.74) is 6.96. The summed E-state index contributed by atoms with van der Waals surface area (Å²) < 4.78 is 2.08. The zero-order valence-electron chi connectivity index (χ0n) is 14.1. The van der Waals surface area contributed by atoms with Crippen LogP contribution in [0.1, 0.15) is 26.3 Å². The summed E-state index contributed by atoms with van der Waals surface area (Å²) in [6.45, 7) is 4.59. The molecule has 0 aliphatic heterocycles. The maximum Gasteiger partial charge on any atom is 0.224 e. The molecule has 130 valence electrons. The molecule has 0 aromatic carbocycles. The minimum atomic E-state index is -0.374. The minimum absolute atomic E-state index is 0.221. The molecule has 0 spiro atoms. The van der Waals surface area contributed by atoms with Crippen molar-refractivity contribution < 1.29 is 4.79 Å². The fourth-order valence-corrected chi connectivity index (χ4v) is 2.35. The number of primary amides is 1. The molecule has 3 rings (SSSR count). The Balaban J connectivity index is 1.76. The number of imidazole rings is 1. The number of hydrogen-bond donors (Lipinski definition) is 3. The molecule has 25 heavy (non-hydrogen) atoms. The van der Waals surface area contributed by atoms with E-state index in [1.807, 2.05) is 12.4 Å². The van der Waals surface area contributed by atoms with Gasteiger partial charge >= 0.3 is 0 Å². The van der Waals surface area contributed by atoms with Crippen LogP contribution in [0.15, 0.2) is 30.9 Å². The Bertz CT molecular complexity index is 889. The van der Waals surface area contributed by atoms with Crippen LogP contribution in [0.5, 0.6) is 0 Å². The van der Waals surface area contributed by atoms with Crippen LogP contribution < -0.4 is 16.4 Å². The topological polar surface area (TPSA) is 124 Å². The van der Waals surface area contributed by atoms with Crippen LogP contribution in [0.4, 0.5) is 17.6 Å². The molecule has 9 heteroatoms. The van der Waals surface area contributed by atoms with Crippen LogP contribution in [0.2, 0.25) is 0 Å². The molecule has 0 bridgehead atoms. The fourth-order valence-electron chi connectivity index (χ4n) is 2.35. The maximum absolute atomic E-state index is 10.8. The van der Waals surface area contributed by atoms with Gasteiger partial charge < -0.3 is 20.9 Å². The summed E-state index contributed by atoms with van der Waals surface area (Å²) in [6, 6.07) is 3.98. The number of carbonyl (C=O) groups is 1. The zero-order valence-corrected chi connectivity index (χ0v) is 14.1. The van der Waals surface area contributed by atoms with Gasteiger partial charge in [-0.25, -0.2) is 15.0 Å². The quantitative estimate of drug-likeness (QED) is 0.599. The SMILES string of the molecule is CC(C)n1cnc2cnc(Nc3ccnc(NCCC(N)=O)n3)cc21. The van der Waals surface area contributed by atoms with Crippen molar-refractivity contribution in [1.82, 2.24) is 24.5 Å². The largest absolute Gasteiger partial charge is 0.370 e. The number of hydrogen-bond acceptors (Lipinski definition) is 7. The number of nitrogens with two attached hydrogens (primary N) is 1. The third-order valence-electron chi connectivity index (χ3n) is 3.58. The number of nitrogens with one attached hydrogen (secondary N) is 2. The van der Waals surface area contributed by atoms with Crippen molar-refractivity contribution in [1.29, 1.82) is 0 Å². The molecule has 3 aromatic rings. The predicted molar refractivity (Wildman–Crippen MR) is 95.5 cm³/mol. The molecule has 0 saturated carbocycles. The van der Waals surface area contributed by atoms with Crippen LogP contribution in [0.3, 0.4) is 0 Å². The number of nitrogens with zero attached hydrogens (tertiary/aromatic N) is 5. The molecule has 0 radical (unpaired) electrons. The van der Waals surface area contributed by atoms with Crippen molar-refractivity contribution in [2.45, 2.75) is 26.3 Å². The summed E-state index contributed by atoms with van der Waals surface area (Å²) in [5, 5.41) is 6.11. The molecular formula is C16H20N8O. The number of amides is 1. The maximum atomic E-state index is 10.8. The lowest BCUT2D eigenvalue weighted by Gasteiger charge is -2.10. The van der Waals surface area contributed by atoms with Crippen molar-refractivity contribution in [3.63, 3.8) is 0 Å². The lowest BCUT2D eigenvalue weighted by Crippen LogP contribution is -2.16. The zero-order chi connectivity index (χ0) is 17.8. The molecule has 9 nitrogen and oxygen atoms in total. The molecule has 3 aromatic heterocycles. The number of aromatic nitrogens is 5. The summed E-state index contributed by atoms with van der Waals surface area (Å²) in [6.07, 6.45) is 5.38. The highest BCUT2D eigenvalue weighted by atomic mass is 16.1. The van der Waals surface area contributed by atoms with E-state index >= 15 is 0 Å². The van der Waals surface area contributed by atoms with Gasteiger partial charge in [-0.1, -0.05) is 0 Å². The second kappa shape index (κ2) is 7.12. The van der Waals surface area contributed by atoms with Gasteiger partial charge in [0.15, 0.2) is 0 Å². The number of pyridine rings is 1. The predicted octanol–water partition coefficient (Wildman–Crippen LogP) is 1.83. The van der Waals surface area contributed by atoms with E-state index in [1.54, 1.807) is 18.5 Å². The Kier molecular flexibility index (Phi) is 4.73. The highest BCUT2D eigenvalue weighted by molar-refractivity contribution is 5.78. The molecule has 0 saturated heterocycles. The van der Waals surface area contributed by atoms with Crippen molar-refractivity contribution in [2.24, 2.45) is 5.73 Å². The first-order chi connectivity index (χ1) is 12.0. The van der Waals surface area contributed by atoms with Crippen LogP contribution in [-0.4, -0.2) is 37.0 Å². The van der Waals surface area contributed by atoms with Gasteiger partial charge in [0.25, 0.3) is 0 Å². The van der Waals surface area contributed by atoms with Gasteiger partial charge in [-0.3, -0.25) is 4.79 Å². The number of fused-ring (bicyclic) bond motifs is 1. The summed E-state index contributed by atoms with van der Waals surface area (Å²) in [4.78, 5) is 27.9. The van der Waals surface area contributed by atoms with Crippen molar-refractivity contribution in [3.05, 3.63) is 30.9 Å². The highest BCUT2D eigenvalue weighted by Gasteiger charge is 2.08. The first-order valence-electron chi connectivity index (χ1n) is 7.98. The molecule has 0 aliphatic rings. The Hall–Kier alpha value is -3.23. The van der Waals surface area contributed by atoms with Crippen LogP contribution in [0.25, 0.3) is 11.0 Å². The molecule has 4 N–H and O–H groups in total. The standard InChI is InChI=1S/C16H20N8O/c1-10(2)24-9-21-11-8-20-15(7-12(11)24)22-14-4-6-19-16(23-14)18-5-3-13(17)25/h4,6-10H,3,5H2,1-2H3,(H2,17,25)(H2,18,19,20,22,23). The van der Waals surface area contributed by atoms with Gasteiger partial charge in [0.2, 0.25) is 11.9 Å². The van der Waals surface area contributed by atoms with E-state index in [9.17, 15) is 4.79 Å². The number of carbonyl (C=O) groups excluding carboxylic acids is 1. The van der Waals surface area contributed by atoms with Crippen molar-refractivity contribution in [2.75, 3.05) is 17.2 Å². The van der Waals surface area contributed by atoms with Gasteiger partial charge in [-0.15, -0.1) is 0 Å². The normalized spacial score (nSPS) is 11.0. The Morgan fingerprint density at radius 2 is 2.12 bits per heavy atom. The molecular weight excluding hydrogens is 320 g/mol.